The van der Waals surface area contributed by atoms with E-state index in [0.717, 1.165) is 0 Å². The zero-order valence-electron chi connectivity index (χ0n) is 8.51. The van der Waals surface area contributed by atoms with Crippen LogP contribution in [-0.4, -0.2) is 23.8 Å². The number of carbonyl (C=O) groups is 1. The van der Waals surface area contributed by atoms with Gasteiger partial charge in [-0.15, -0.1) is 0 Å². The van der Waals surface area contributed by atoms with Gasteiger partial charge >= 0.3 is 5.97 Å². The summed E-state index contributed by atoms with van der Waals surface area (Å²) in [5, 5.41) is 9.58. The van der Waals surface area contributed by atoms with E-state index < -0.39 is 6.10 Å². The van der Waals surface area contributed by atoms with E-state index in [4.69, 9.17) is 4.74 Å². The van der Waals surface area contributed by atoms with Gasteiger partial charge < -0.3 is 9.84 Å². The van der Waals surface area contributed by atoms with Crippen LogP contribution in [0.25, 0.3) is 0 Å². The maximum absolute atomic E-state index is 11.4. The lowest BCUT2D eigenvalue weighted by molar-refractivity contribution is -0.142. The molecule has 2 aliphatic rings. The topological polar surface area (TPSA) is 46.5 Å². The second kappa shape index (κ2) is 3.39. The Morgan fingerprint density at radius 1 is 1.57 bits per heavy atom. The highest BCUT2D eigenvalue weighted by Gasteiger charge is 2.46. The van der Waals surface area contributed by atoms with Crippen LogP contribution in [0.4, 0.5) is 0 Å². The Bertz CT molecular complexity index is 270. The zero-order valence-corrected chi connectivity index (χ0v) is 8.51. The standard InChI is InChI=1S/C11H16O3/c1-6-3-4-8(7(2)12)9-5-14-11(13)10(6)9/h3-4,6-10,12H,5H2,1-2H3/t6-,7-,8-,9+,10+/m0/s1. The van der Waals surface area contributed by atoms with Crippen LogP contribution in [0, 0.1) is 23.7 Å². The molecule has 0 aromatic heterocycles. The van der Waals surface area contributed by atoms with Gasteiger partial charge in [0.25, 0.3) is 0 Å². The number of hydrogen-bond donors (Lipinski definition) is 1. The lowest BCUT2D eigenvalue weighted by Gasteiger charge is -2.31. The average Bonchev–Trinajstić information content (AvgIpc) is 2.49. The summed E-state index contributed by atoms with van der Waals surface area (Å²) in [6, 6.07) is 0. The summed E-state index contributed by atoms with van der Waals surface area (Å²) in [6.45, 7) is 4.26. The number of allylic oxidation sites excluding steroid dienone is 1. The summed E-state index contributed by atoms with van der Waals surface area (Å²) in [6.07, 6.45) is 3.64. The highest BCUT2D eigenvalue weighted by atomic mass is 16.5. The maximum Gasteiger partial charge on any atom is 0.309 e. The quantitative estimate of drug-likeness (QED) is 0.502. The molecule has 0 saturated carbocycles. The Morgan fingerprint density at radius 2 is 2.29 bits per heavy atom. The second-order valence-electron chi connectivity index (χ2n) is 4.38. The van der Waals surface area contributed by atoms with Crippen LogP contribution in [0.2, 0.25) is 0 Å². The van der Waals surface area contributed by atoms with Crippen LogP contribution >= 0.6 is 0 Å². The van der Waals surface area contributed by atoms with Crippen molar-refractivity contribution in [3.05, 3.63) is 12.2 Å². The molecular formula is C11H16O3. The molecule has 1 N–H and O–H groups in total. The number of rotatable bonds is 1. The molecule has 1 heterocycles. The number of ether oxygens (including phenoxy) is 1. The van der Waals surface area contributed by atoms with Gasteiger partial charge in [-0.05, 0) is 12.8 Å². The normalized spacial score (nSPS) is 43.2. The van der Waals surface area contributed by atoms with E-state index in [1.807, 2.05) is 19.1 Å². The molecule has 0 radical (unpaired) electrons. The van der Waals surface area contributed by atoms with Gasteiger partial charge in [-0.25, -0.2) is 0 Å². The number of aliphatic hydroxyl groups excluding tert-OH is 1. The van der Waals surface area contributed by atoms with E-state index in [0.29, 0.717) is 6.61 Å². The van der Waals surface area contributed by atoms with E-state index in [2.05, 4.69) is 0 Å². The second-order valence-corrected chi connectivity index (χ2v) is 4.38. The molecule has 78 valence electrons. The van der Waals surface area contributed by atoms with Crippen LogP contribution in [0.5, 0.6) is 0 Å². The Hall–Kier alpha value is -0.830. The Kier molecular flexibility index (Phi) is 2.35. The van der Waals surface area contributed by atoms with Gasteiger partial charge in [-0.3, -0.25) is 4.79 Å². The molecule has 5 atom stereocenters. The molecule has 1 aliphatic carbocycles. The Morgan fingerprint density at radius 3 is 2.93 bits per heavy atom. The minimum Gasteiger partial charge on any atom is -0.465 e. The lowest BCUT2D eigenvalue weighted by Crippen LogP contribution is -2.35. The third kappa shape index (κ3) is 1.36. The number of carbonyl (C=O) groups excluding carboxylic acids is 1. The van der Waals surface area contributed by atoms with Crippen molar-refractivity contribution in [2.24, 2.45) is 23.7 Å². The summed E-state index contributed by atoms with van der Waals surface area (Å²) in [7, 11) is 0. The lowest BCUT2D eigenvalue weighted by atomic mass is 9.71. The van der Waals surface area contributed by atoms with E-state index in [1.54, 1.807) is 6.92 Å². The third-order valence-corrected chi connectivity index (χ3v) is 3.41. The molecule has 1 saturated heterocycles. The minimum absolute atomic E-state index is 0.0420. The molecule has 0 unspecified atom stereocenters. The fraction of sp³-hybridized carbons (Fsp3) is 0.727. The van der Waals surface area contributed by atoms with Crippen molar-refractivity contribution in [1.29, 1.82) is 0 Å². The van der Waals surface area contributed by atoms with Crippen molar-refractivity contribution in [3.63, 3.8) is 0 Å². The highest BCUT2D eigenvalue weighted by molar-refractivity contribution is 5.75. The van der Waals surface area contributed by atoms with Gasteiger partial charge in [-0.1, -0.05) is 19.1 Å². The Labute approximate surface area is 83.8 Å². The molecule has 1 aliphatic heterocycles. The van der Waals surface area contributed by atoms with Crippen LogP contribution in [0.3, 0.4) is 0 Å². The molecular weight excluding hydrogens is 180 g/mol. The summed E-state index contributed by atoms with van der Waals surface area (Å²) in [4.78, 5) is 11.4. The van der Waals surface area contributed by atoms with Gasteiger partial charge in [0.2, 0.25) is 0 Å². The SMILES string of the molecule is C[C@H](O)[C@@H]1C=C[C@H](C)[C@H]2C(=O)OC[C@H]12. The molecule has 0 aromatic carbocycles. The van der Waals surface area contributed by atoms with E-state index in [-0.39, 0.29) is 29.6 Å². The van der Waals surface area contributed by atoms with Crippen LogP contribution in [0.15, 0.2) is 12.2 Å². The van der Waals surface area contributed by atoms with Crippen LogP contribution in [0.1, 0.15) is 13.8 Å². The Balaban J connectivity index is 2.26. The van der Waals surface area contributed by atoms with Crippen molar-refractivity contribution < 1.29 is 14.6 Å². The van der Waals surface area contributed by atoms with Crippen molar-refractivity contribution >= 4 is 5.97 Å². The molecule has 3 nitrogen and oxygen atoms in total. The van der Waals surface area contributed by atoms with Gasteiger partial charge in [0, 0.05) is 11.8 Å². The van der Waals surface area contributed by atoms with Crippen molar-refractivity contribution in [1.82, 2.24) is 0 Å². The fourth-order valence-electron chi connectivity index (χ4n) is 2.59. The predicted molar refractivity (Wildman–Crippen MR) is 51.4 cm³/mol. The first-order valence-corrected chi connectivity index (χ1v) is 5.14. The zero-order chi connectivity index (χ0) is 10.3. The smallest absolute Gasteiger partial charge is 0.309 e. The third-order valence-electron chi connectivity index (χ3n) is 3.41. The molecule has 14 heavy (non-hydrogen) atoms. The molecule has 0 aromatic rings. The number of fused-ring (bicyclic) bond motifs is 1. The predicted octanol–water partition coefficient (Wildman–Crippen LogP) is 0.978. The van der Waals surface area contributed by atoms with E-state index in [1.165, 1.54) is 0 Å². The first kappa shape index (κ1) is 9.71. The summed E-state index contributed by atoms with van der Waals surface area (Å²) in [5.41, 5.74) is 0. The van der Waals surface area contributed by atoms with Gasteiger partial charge in [0.05, 0.1) is 18.6 Å². The van der Waals surface area contributed by atoms with Crippen molar-refractivity contribution in [3.8, 4) is 0 Å². The van der Waals surface area contributed by atoms with Crippen molar-refractivity contribution in [2.75, 3.05) is 6.61 Å². The molecule has 3 heteroatoms. The number of esters is 1. The van der Waals surface area contributed by atoms with E-state index >= 15 is 0 Å². The fourth-order valence-corrected chi connectivity index (χ4v) is 2.59. The van der Waals surface area contributed by atoms with Crippen LogP contribution < -0.4 is 0 Å². The minimum atomic E-state index is -0.402. The summed E-state index contributed by atoms with van der Waals surface area (Å²) in [5.74, 6) is 0.340. The molecule has 2 rings (SSSR count). The number of hydrogen-bond acceptors (Lipinski definition) is 3. The molecule has 0 spiro atoms. The monoisotopic (exact) mass is 196 g/mol. The largest absolute Gasteiger partial charge is 0.465 e. The van der Waals surface area contributed by atoms with Crippen LogP contribution in [-0.2, 0) is 9.53 Å². The van der Waals surface area contributed by atoms with Gasteiger partial charge in [0.1, 0.15) is 0 Å². The van der Waals surface area contributed by atoms with E-state index in [9.17, 15) is 9.90 Å². The summed E-state index contributed by atoms with van der Waals surface area (Å²) < 4.78 is 5.06. The van der Waals surface area contributed by atoms with Crippen molar-refractivity contribution in [2.45, 2.75) is 20.0 Å². The first-order chi connectivity index (χ1) is 6.61. The first-order valence-electron chi connectivity index (χ1n) is 5.14. The molecule has 1 fully saturated rings. The van der Waals surface area contributed by atoms with Gasteiger partial charge in [-0.2, -0.15) is 0 Å². The summed E-state index contributed by atoms with van der Waals surface area (Å²) >= 11 is 0. The molecule has 0 bridgehead atoms. The van der Waals surface area contributed by atoms with Gasteiger partial charge in [0.15, 0.2) is 0 Å². The average molecular weight is 196 g/mol. The maximum atomic E-state index is 11.4. The number of aliphatic hydroxyl groups is 1. The molecule has 0 amide bonds. The highest BCUT2D eigenvalue weighted by Crippen LogP contribution is 2.40. The number of cyclic esters (lactones) is 1.